The lowest BCUT2D eigenvalue weighted by atomic mass is 10.0. The molecule has 1 aliphatic rings. The number of benzene rings is 1. The van der Waals surface area contributed by atoms with Crippen LogP contribution in [0.5, 0.6) is 5.75 Å². The summed E-state index contributed by atoms with van der Waals surface area (Å²) in [7, 11) is -3.29. The van der Waals surface area contributed by atoms with Crippen molar-refractivity contribution in [3.05, 3.63) is 18.2 Å². The first-order chi connectivity index (χ1) is 8.85. The Hall–Kier alpha value is -1.56. The second-order valence-electron chi connectivity index (χ2n) is 4.83. The molecule has 1 amide bonds. The minimum atomic E-state index is -3.29. The van der Waals surface area contributed by atoms with Gasteiger partial charge in [-0.05, 0) is 24.1 Å². The van der Waals surface area contributed by atoms with E-state index in [4.69, 9.17) is 4.74 Å². The number of rotatable bonds is 3. The molecule has 104 valence electrons. The van der Waals surface area contributed by atoms with E-state index in [0.29, 0.717) is 11.4 Å². The number of anilines is 1. The van der Waals surface area contributed by atoms with Gasteiger partial charge in [0.1, 0.15) is 5.75 Å². The molecular formula is C13H17NO4S. The fraction of sp³-hybridized carbons (Fsp3) is 0.462. The fourth-order valence-corrected chi connectivity index (χ4v) is 2.81. The Kier molecular flexibility index (Phi) is 3.54. The van der Waals surface area contributed by atoms with Gasteiger partial charge < -0.3 is 10.1 Å². The highest BCUT2D eigenvalue weighted by Gasteiger charge is 2.30. The molecule has 1 heterocycles. The zero-order chi connectivity index (χ0) is 14.2. The molecule has 1 aliphatic heterocycles. The standard InChI is InChI=1S/C13H17NO4S/c1-4-19(16,17)9-5-6-11-10(7-9)14-13(15)12(18-11)8(2)3/h5-8,12H,4H2,1-3H3,(H,14,15). The van der Waals surface area contributed by atoms with Gasteiger partial charge in [-0.25, -0.2) is 8.42 Å². The van der Waals surface area contributed by atoms with Gasteiger partial charge in [0, 0.05) is 0 Å². The van der Waals surface area contributed by atoms with E-state index in [1.54, 1.807) is 13.0 Å². The molecule has 0 saturated carbocycles. The highest BCUT2D eigenvalue weighted by Crippen LogP contribution is 2.33. The number of carbonyl (C=O) groups excluding carboxylic acids is 1. The SMILES string of the molecule is CCS(=O)(=O)c1ccc2c(c1)NC(=O)C(C(C)C)O2. The predicted molar refractivity (Wildman–Crippen MR) is 72.1 cm³/mol. The molecular weight excluding hydrogens is 266 g/mol. The first-order valence-corrected chi connectivity index (χ1v) is 7.84. The summed E-state index contributed by atoms with van der Waals surface area (Å²) in [5, 5.41) is 2.70. The molecule has 1 aromatic carbocycles. The zero-order valence-electron chi connectivity index (χ0n) is 11.1. The first kappa shape index (κ1) is 13.9. The average Bonchev–Trinajstić information content (AvgIpc) is 2.36. The Morgan fingerprint density at radius 2 is 2.05 bits per heavy atom. The normalized spacial score (nSPS) is 18.7. The van der Waals surface area contributed by atoms with E-state index >= 15 is 0 Å². The van der Waals surface area contributed by atoms with Crippen LogP contribution in [0.1, 0.15) is 20.8 Å². The van der Waals surface area contributed by atoms with Gasteiger partial charge in [0.15, 0.2) is 15.9 Å². The van der Waals surface area contributed by atoms with Crippen LogP contribution in [-0.2, 0) is 14.6 Å². The third-order valence-electron chi connectivity index (χ3n) is 3.07. The van der Waals surface area contributed by atoms with E-state index < -0.39 is 15.9 Å². The molecule has 0 saturated heterocycles. The van der Waals surface area contributed by atoms with Crippen molar-refractivity contribution in [1.82, 2.24) is 0 Å². The van der Waals surface area contributed by atoms with Crippen LogP contribution in [0, 0.1) is 5.92 Å². The molecule has 1 aromatic rings. The Morgan fingerprint density at radius 3 is 2.63 bits per heavy atom. The number of hydrogen-bond donors (Lipinski definition) is 1. The molecule has 0 aliphatic carbocycles. The topological polar surface area (TPSA) is 72.5 Å². The van der Waals surface area contributed by atoms with Crippen molar-refractivity contribution in [2.24, 2.45) is 5.92 Å². The Balaban J connectivity index is 2.40. The maximum atomic E-state index is 11.8. The molecule has 1 atom stereocenters. The lowest BCUT2D eigenvalue weighted by Crippen LogP contribution is -2.40. The summed E-state index contributed by atoms with van der Waals surface area (Å²) in [5.74, 6) is 0.337. The summed E-state index contributed by atoms with van der Waals surface area (Å²) < 4.78 is 29.2. The van der Waals surface area contributed by atoms with Crippen LogP contribution in [0.15, 0.2) is 23.1 Å². The van der Waals surface area contributed by atoms with E-state index in [2.05, 4.69) is 5.32 Å². The summed E-state index contributed by atoms with van der Waals surface area (Å²) >= 11 is 0. The van der Waals surface area contributed by atoms with Crippen molar-refractivity contribution in [2.75, 3.05) is 11.1 Å². The molecule has 5 nitrogen and oxygen atoms in total. The van der Waals surface area contributed by atoms with Crippen molar-refractivity contribution >= 4 is 21.4 Å². The van der Waals surface area contributed by atoms with Crippen LogP contribution in [-0.4, -0.2) is 26.2 Å². The summed E-state index contributed by atoms with van der Waals surface area (Å²) in [6, 6.07) is 4.54. The van der Waals surface area contributed by atoms with Crippen molar-refractivity contribution in [3.8, 4) is 5.75 Å². The van der Waals surface area contributed by atoms with E-state index in [1.807, 2.05) is 13.8 Å². The number of ether oxygens (including phenoxy) is 1. The van der Waals surface area contributed by atoms with Crippen molar-refractivity contribution in [3.63, 3.8) is 0 Å². The van der Waals surface area contributed by atoms with Gasteiger partial charge >= 0.3 is 0 Å². The summed E-state index contributed by atoms with van der Waals surface area (Å²) in [5.41, 5.74) is 0.413. The van der Waals surface area contributed by atoms with Gasteiger partial charge in [0.2, 0.25) is 0 Å². The number of sulfone groups is 1. The molecule has 19 heavy (non-hydrogen) atoms. The highest BCUT2D eigenvalue weighted by atomic mass is 32.2. The van der Waals surface area contributed by atoms with E-state index in [-0.39, 0.29) is 22.5 Å². The van der Waals surface area contributed by atoms with Crippen LogP contribution in [0.4, 0.5) is 5.69 Å². The molecule has 2 rings (SSSR count). The first-order valence-electron chi connectivity index (χ1n) is 6.19. The Morgan fingerprint density at radius 1 is 1.37 bits per heavy atom. The van der Waals surface area contributed by atoms with Crippen molar-refractivity contribution < 1.29 is 17.9 Å². The van der Waals surface area contributed by atoms with Crippen LogP contribution in [0.2, 0.25) is 0 Å². The third-order valence-corrected chi connectivity index (χ3v) is 4.80. The second-order valence-corrected chi connectivity index (χ2v) is 7.11. The third kappa shape index (κ3) is 2.58. The van der Waals surface area contributed by atoms with E-state index in [0.717, 1.165) is 0 Å². The number of hydrogen-bond acceptors (Lipinski definition) is 4. The van der Waals surface area contributed by atoms with Crippen LogP contribution >= 0.6 is 0 Å². The maximum absolute atomic E-state index is 11.8. The monoisotopic (exact) mass is 283 g/mol. The Bertz CT molecular complexity index is 607. The lowest BCUT2D eigenvalue weighted by molar-refractivity contribution is -0.125. The molecule has 0 aromatic heterocycles. The maximum Gasteiger partial charge on any atom is 0.265 e. The molecule has 1 N–H and O–H groups in total. The van der Waals surface area contributed by atoms with Gasteiger partial charge in [-0.15, -0.1) is 0 Å². The summed E-state index contributed by atoms with van der Waals surface area (Å²) in [6.07, 6.45) is -0.541. The number of nitrogens with one attached hydrogen (secondary N) is 1. The summed E-state index contributed by atoms with van der Waals surface area (Å²) in [4.78, 5) is 12.0. The molecule has 1 unspecified atom stereocenters. The largest absolute Gasteiger partial charge is 0.478 e. The number of fused-ring (bicyclic) bond motifs is 1. The van der Waals surface area contributed by atoms with Gasteiger partial charge in [-0.1, -0.05) is 20.8 Å². The van der Waals surface area contributed by atoms with Crippen LogP contribution in [0.25, 0.3) is 0 Å². The van der Waals surface area contributed by atoms with Gasteiger partial charge in [0.25, 0.3) is 5.91 Å². The van der Waals surface area contributed by atoms with Crippen molar-refractivity contribution in [1.29, 1.82) is 0 Å². The van der Waals surface area contributed by atoms with Crippen molar-refractivity contribution in [2.45, 2.75) is 31.8 Å². The van der Waals surface area contributed by atoms with Gasteiger partial charge in [-0.2, -0.15) is 0 Å². The zero-order valence-corrected chi connectivity index (χ0v) is 12.0. The van der Waals surface area contributed by atoms with Crippen LogP contribution < -0.4 is 10.1 Å². The average molecular weight is 283 g/mol. The number of carbonyl (C=O) groups is 1. The minimum Gasteiger partial charge on any atom is -0.478 e. The highest BCUT2D eigenvalue weighted by molar-refractivity contribution is 7.91. The summed E-state index contributed by atoms with van der Waals surface area (Å²) in [6.45, 7) is 5.37. The quantitative estimate of drug-likeness (QED) is 0.918. The van der Waals surface area contributed by atoms with Gasteiger partial charge in [-0.3, -0.25) is 4.79 Å². The lowest BCUT2D eigenvalue weighted by Gasteiger charge is -2.28. The van der Waals surface area contributed by atoms with Gasteiger partial charge in [0.05, 0.1) is 16.3 Å². The number of amides is 1. The molecule has 0 fully saturated rings. The van der Waals surface area contributed by atoms with E-state index in [9.17, 15) is 13.2 Å². The second kappa shape index (κ2) is 4.85. The van der Waals surface area contributed by atoms with Crippen LogP contribution in [0.3, 0.4) is 0 Å². The smallest absolute Gasteiger partial charge is 0.265 e. The molecule has 0 spiro atoms. The fourth-order valence-electron chi connectivity index (χ4n) is 1.90. The Labute approximate surface area is 112 Å². The molecule has 6 heteroatoms. The molecule has 0 radical (unpaired) electrons. The predicted octanol–water partition coefficient (Wildman–Crippen LogP) is 1.84. The van der Waals surface area contributed by atoms with E-state index in [1.165, 1.54) is 12.1 Å². The minimum absolute atomic E-state index is 0.0230. The molecule has 0 bridgehead atoms.